The van der Waals surface area contributed by atoms with Crippen molar-refractivity contribution in [1.82, 2.24) is 20.4 Å². The van der Waals surface area contributed by atoms with Gasteiger partial charge in [0.1, 0.15) is 11.8 Å². The van der Waals surface area contributed by atoms with Gasteiger partial charge in [0.25, 0.3) is 0 Å². The van der Waals surface area contributed by atoms with Gasteiger partial charge in [-0.1, -0.05) is 42.5 Å². The molecule has 4 amide bonds. The summed E-state index contributed by atoms with van der Waals surface area (Å²) in [7, 11) is 1.47. The maximum absolute atomic E-state index is 12.8. The topological polar surface area (TPSA) is 145 Å². The maximum atomic E-state index is 12.8. The Bertz CT molecular complexity index is 1040. The number of amides is 4. The number of carbonyl (C=O) groups is 4. The Morgan fingerprint density at radius 2 is 1.83 bits per heavy atom. The zero-order valence-corrected chi connectivity index (χ0v) is 19.6. The van der Waals surface area contributed by atoms with E-state index in [4.69, 9.17) is 5.73 Å². The number of primary amides is 1. The molecule has 1 saturated heterocycles. The van der Waals surface area contributed by atoms with Gasteiger partial charge in [-0.2, -0.15) is 0 Å². The van der Waals surface area contributed by atoms with Crippen LogP contribution in [-0.2, 0) is 32.0 Å². The predicted molar refractivity (Wildman–Crippen MR) is 129 cm³/mol. The van der Waals surface area contributed by atoms with Crippen LogP contribution < -0.4 is 16.4 Å². The number of rotatable bonds is 10. The molecule has 35 heavy (non-hydrogen) atoms. The second-order valence-electron chi connectivity index (χ2n) is 8.53. The van der Waals surface area contributed by atoms with E-state index in [1.54, 1.807) is 24.3 Å². The third kappa shape index (κ3) is 7.28. The summed E-state index contributed by atoms with van der Waals surface area (Å²) in [6.07, 6.45) is 0.695. The van der Waals surface area contributed by atoms with Crippen LogP contribution in [0.2, 0.25) is 0 Å². The fraction of sp³-hybridized carbons (Fsp3) is 0.360. The summed E-state index contributed by atoms with van der Waals surface area (Å²) in [5.74, 6) is -1.63. The molecule has 186 valence electrons. The maximum Gasteiger partial charge on any atom is 0.242 e. The molecule has 0 saturated carbocycles. The summed E-state index contributed by atoms with van der Waals surface area (Å²) in [6.45, 7) is 0.411. The minimum Gasteiger partial charge on any atom is -0.508 e. The van der Waals surface area contributed by atoms with Crippen LogP contribution >= 0.6 is 0 Å². The van der Waals surface area contributed by atoms with Gasteiger partial charge >= 0.3 is 0 Å². The number of phenolic OH excluding ortho intramolecular Hbond substituents is 1. The molecule has 1 heterocycles. The Morgan fingerprint density at radius 1 is 1.14 bits per heavy atom. The van der Waals surface area contributed by atoms with Gasteiger partial charge in [-0.3, -0.25) is 19.2 Å². The lowest BCUT2D eigenvalue weighted by Crippen LogP contribution is -2.58. The number of phenols is 1. The van der Waals surface area contributed by atoms with Gasteiger partial charge in [0.2, 0.25) is 23.6 Å². The Balaban J connectivity index is 1.50. The highest BCUT2D eigenvalue weighted by Crippen LogP contribution is 2.13. The number of likely N-dealkylation sites (N-methyl/N-ethyl adjacent to an activating group) is 1. The second-order valence-corrected chi connectivity index (χ2v) is 8.53. The van der Waals surface area contributed by atoms with Crippen LogP contribution in [0.25, 0.3) is 0 Å². The Labute approximate surface area is 204 Å². The molecular weight excluding hydrogens is 450 g/mol. The number of benzene rings is 2. The van der Waals surface area contributed by atoms with Crippen molar-refractivity contribution in [3.05, 3.63) is 65.7 Å². The Hall–Kier alpha value is -3.92. The quantitative estimate of drug-likeness (QED) is 0.357. The molecule has 1 aliphatic rings. The third-order valence-corrected chi connectivity index (χ3v) is 5.99. The first-order valence-corrected chi connectivity index (χ1v) is 11.4. The van der Waals surface area contributed by atoms with Crippen LogP contribution in [0, 0.1) is 0 Å². The molecule has 0 spiro atoms. The lowest BCUT2D eigenvalue weighted by molar-refractivity contribution is -0.141. The van der Waals surface area contributed by atoms with E-state index in [-0.39, 0.29) is 31.2 Å². The second kappa shape index (κ2) is 12.0. The number of piperazine rings is 1. The summed E-state index contributed by atoms with van der Waals surface area (Å²) in [5, 5.41) is 15.1. The molecule has 0 bridgehead atoms. The largest absolute Gasteiger partial charge is 0.508 e. The van der Waals surface area contributed by atoms with Crippen LogP contribution in [0.1, 0.15) is 11.1 Å². The first kappa shape index (κ1) is 25.7. The van der Waals surface area contributed by atoms with E-state index < -0.39 is 29.8 Å². The van der Waals surface area contributed by atoms with E-state index in [0.29, 0.717) is 19.5 Å². The van der Waals surface area contributed by atoms with Crippen molar-refractivity contribution >= 4 is 23.6 Å². The highest BCUT2D eigenvalue weighted by molar-refractivity contribution is 5.91. The van der Waals surface area contributed by atoms with Crippen LogP contribution in [-0.4, -0.2) is 83.8 Å². The normalized spacial score (nSPS) is 16.4. The van der Waals surface area contributed by atoms with Crippen LogP contribution in [0.5, 0.6) is 5.75 Å². The van der Waals surface area contributed by atoms with Gasteiger partial charge in [0.15, 0.2) is 0 Å². The van der Waals surface area contributed by atoms with Crippen molar-refractivity contribution in [1.29, 1.82) is 0 Å². The van der Waals surface area contributed by atoms with Gasteiger partial charge in [0, 0.05) is 26.6 Å². The van der Waals surface area contributed by atoms with Crippen molar-refractivity contribution in [2.24, 2.45) is 5.73 Å². The van der Waals surface area contributed by atoms with Gasteiger partial charge in [-0.25, -0.2) is 0 Å². The van der Waals surface area contributed by atoms with E-state index in [2.05, 4.69) is 10.6 Å². The smallest absolute Gasteiger partial charge is 0.242 e. The number of hydrogen-bond donors (Lipinski definition) is 4. The highest BCUT2D eigenvalue weighted by atomic mass is 16.3. The van der Waals surface area contributed by atoms with Crippen LogP contribution in [0.15, 0.2) is 54.6 Å². The number of carbonyl (C=O) groups excluding carboxylic acids is 4. The molecule has 2 aromatic rings. The zero-order chi connectivity index (χ0) is 25.4. The van der Waals surface area contributed by atoms with Gasteiger partial charge in [-0.15, -0.1) is 0 Å². The fourth-order valence-electron chi connectivity index (χ4n) is 3.94. The summed E-state index contributed by atoms with van der Waals surface area (Å²) >= 11 is 0. The molecule has 1 fully saturated rings. The summed E-state index contributed by atoms with van der Waals surface area (Å²) in [6, 6.07) is 14.5. The molecule has 0 radical (unpaired) electrons. The van der Waals surface area contributed by atoms with E-state index >= 15 is 0 Å². The first-order valence-electron chi connectivity index (χ1n) is 11.4. The average molecular weight is 482 g/mol. The molecule has 5 N–H and O–H groups in total. The number of nitrogens with zero attached hydrogens (tertiary/aromatic N) is 2. The summed E-state index contributed by atoms with van der Waals surface area (Å²) in [5.41, 5.74) is 7.25. The van der Waals surface area contributed by atoms with Crippen molar-refractivity contribution in [3.63, 3.8) is 0 Å². The number of hydrogen-bond acceptors (Lipinski definition) is 6. The van der Waals surface area contributed by atoms with Crippen LogP contribution in [0.4, 0.5) is 0 Å². The minimum atomic E-state index is -0.850. The molecule has 1 unspecified atom stereocenters. The van der Waals surface area contributed by atoms with Crippen LogP contribution in [0.3, 0.4) is 0 Å². The standard InChI is InChI=1S/C25H31N5O5/c1-29(21(24(26)34)14-17-5-3-2-4-6-17)23(33)15-28-22(32)16-30-12-11-27-20(25(30)35)13-18-7-9-19(31)10-8-18/h2-10,20-21,27,31H,11-16H2,1H3,(H2,26,34)(H,28,32)/t20?,21-/m0/s1. The molecule has 2 atom stereocenters. The Kier molecular flexibility index (Phi) is 8.80. The van der Waals surface area contributed by atoms with Crippen molar-refractivity contribution in [3.8, 4) is 5.75 Å². The Morgan fingerprint density at radius 3 is 2.49 bits per heavy atom. The molecular formula is C25H31N5O5. The molecule has 3 rings (SSSR count). The third-order valence-electron chi connectivity index (χ3n) is 5.99. The van der Waals surface area contributed by atoms with Gasteiger partial charge in [-0.05, 0) is 29.7 Å². The van der Waals surface area contributed by atoms with E-state index in [9.17, 15) is 24.3 Å². The number of aromatic hydroxyl groups is 1. The molecule has 0 aliphatic carbocycles. The highest BCUT2D eigenvalue weighted by Gasteiger charge is 2.30. The van der Waals surface area contributed by atoms with E-state index in [0.717, 1.165) is 11.1 Å². The summed E-state index contributed by atoms with van der Waals surface area (Å²) < 4.78 is 0. The van der Waals surface area contributed by atoms with Gasteiger partial charge < -0.3 is 31.3 Å². The number of nitrogens with one attached hydrogen (secondary N) is 2. The van der Waals surface area contributed by atoms with E-state index in [1.165, 1.54) is 16.8 Å². The molecule has 10 heteroatoms. The number of nitrogens with two attached hydrogens (primary N) is 1. The lowest BCUT2D eigenvalue weighted by Gasteiger charge is -2.33. The van der Waals surface area contributed by atoms with Crippen molar-refractivity contribution in [2.75, 3.05) is 33.2 Å². The molecule has 1 aliphatic heterocycles. The molecule has 0 aromatic heterocycles. The average Bonchev–Trinajstić information content (AvgIpc) is 2.85. The SMILES string of the molecule is CN(C(=O)CNC(=O)CN1CCNC(Cc2ccc(O)cc2)C1=O)[C@@H](Cc1ccccc1)C(N)=O. The summed E-state index contributed by atoms with van der Waals surface area (Å²) in [4.78, 5) is 52.5. The monoisotopic (exact) mass is 481 g/mol. The van der Waals surface area contributed by atoms with E-state index in [1.807, 2.05) is 30.3 Å². The molecule has 2 aromatic carbocycles. The molecule has 10 nitrogen and oxygen atoms in total. The first-order chi connectivity index (χ1) is 16.7. The minimum absolute atomic E-state index is 0.150. The van der Waals surface area contributed by atoms with Gasteiger partial charge in [0.05, 0.1) is 19.1 Å². The fourth-order valence-corrected chi connectivity index (χ4v) is 3.94. The predicted octanol–water partition coefficient (Wildman–Crippen LogP) is -0.594. The zero-order valence-electron chi connectivity index (χ0n) is 19.6. The lowest BCUT2D eigenvalue weighted by atomic mass is 10.0. The van der Waals surface area contributed by atoms with Crippen molar-refractivity contribution < 1.29 is 24.3 Å². The van der Waals surface area contributed by atoms with Crippen molar-refractivity contribution in [2.45, 2.75) is 24.9 Å².